The molecular weight excluding hydrogens is 1110 g/mol. The zero-order valence-electron chi connectivity index (χ0n) is 42.3. The fourth-order valence-corrected chi connectivity index (χ4v) is 21.1. The Balaban J connectivity index is 0.000000230. The second kappa shape index (κ2) is 25.9. The van der Waals surface area contributed by atoms with Crippen molar-refractivity contribution in [2.24, 2.45) is 23.7 Å². The molecule has 6 rings (SSSR count). The Morgan fingerprint density at radius 2 is 1.04 bits per heavy atom. The molecule has 15 heteroatoms. The van der Waals surface area contributed by atoms with E-state index in [9.17, 15) is 34.2 Å². The summed E-state index contributed by atoms with van der Waals surface area (Å²) in [5.41, 5.74) is 9.59. The van der Waals surface area contributed by atoms with Gasteiger partial charge in [0.1, 0.15) is 5.76 Å². The molecule has 370 valence electrons. The Morgan fingerprint density at radius 1 is 0.623 bits per heavy atom. The predicted octanol–water partition coefficient (Wildman–Crippen LogP) is 11.0. The Labute approximate surface area is 423 Å². The number of ketones is 2. The minimum Gasteiger partial charge on any atom is -0.512 e. The van der Waals surface area contributed by atoms with Gasteiger partial charge in [-0.15, -0.1) is 23.5 Å². The first kappa shape index (κ1) is 56.8. The average molecular weight is 1180 g/mol. The van der Waals surface area contributed by atoms with Crippen LogP contribution in [0.1, 0.15) is 110 Å². The van der Waals surface area contributed by atoms with Gasteiger partial charge in [0.25, 0.3) is 0 Å². The van der Waals surface area contributed by atoms with E-state index in [4.69, 9.17) is 8.06 Å². The van der Waals surface area contributed by atoms with E-state index in [1.54, 1.807) is 37.4 Å². The molecule has 4 unspecified atom stereocenters. The van der Waals surface area contributed by atoms with Crippen molar-refractivity contribution in [1.82, 2.24) is 9.97 Å². The molecule has 2 aromatic carbocycles. The summed E-state index contributed by atoms with van der Waals surface area (Å²) < 4.78 is 16.6. The van der Waals surface area contributed by atoms with E-state index in [0.29, 0.717) is 46.2 Å². The van der Waals surface area contributed by atoms with E-state index in [0.717, 1.165) is 66.1 Å². The van der Waals surface area contributed by atoms with Crippen molar-refractivity contribution < 1.29 is 42.2 Å². The monoisotopic (exact) mass is 1180 g/mol. The number of aliphatic hydroxyl groups is 2. The van der Waals surface area contributed by atoms with Crippen LogP contribution in [0.25, 0.3) is 5.57 Å². The summed E-state index contributed by atoms with van der Waals surface area (Å²) >= 11 is -1.68. The molecule has 2 heterocycles. The minimum atomic E-state index is -5.10. The number of rotatable bonds is 13. The van der Waals surface area contributed by atoms with Gasteiger partial charge in [-0.2, -0.15) is 0 Å². The second-order valence-corrected chi connectivity index (χ2v) is 29.2. The van der Waals surface area contributed by atoms with Gasteiger partial charge in [0.2, 0.25) is 0 Å². The maximum absolute atomic E-state index is 13.0. The number of nitrogens with zero attached hydrogens (tertiary/aromatic N) is 2. The van der Waals surface area contributed by atoms with Gasteiger partial charge in [-0.1, -0.05) is 43.7 Å². The number of Topliss-reactive ketones (excluding diaryl/α,β-unsaturated/α-hetero) is 1. The maximum atomic E-state index is 13.0. The van der Waals surface area contributed by atoms with Crippen LogP contribution in [0, 0.1) is 79.1 Å². The van der Waals surface area contributed by atoms with Crippen LogP contribution in [0.5, 0.6) is 0 Å². The first-order chi connectivity index (χ1) is 32.4. The first-order valence-corrected chi connectivity index (χ1v) is 31.8. The number of allylic oxidation sites excluding steroid dienone is 4. The molecular formula is C54H68N2O10PbS2. The van der Waals surface area contributed by atoms with Crippen molar-refractivity contribution in [3.63, 3.8) is 0 Å². The minimum absolute atomic E-state index is 0.0408. The second-order valence-electron chi connectivity index (χ2n) is 18.5. The third-order valence-electron chi connectivity index (χ3n) is 11.8. The summed E-state index contributed by atoms with van der Waals surface area (Å²) in [7, 11) is 0. The summed E-state index contributed by atoms with van der Waals surface area (Å²) in [4.78, 5) is 67.8. The summed E-state index contributed by atoms with van der Waals surface area (Å²) in [6.07, 6.45) is 7.34. The smallest absolute Gasteiger partial charge is 0.167 e. The first-order valence-electron chi connectivity index (χ1n) is 23.1. The number of aryl methyl sites for hydroxylation is 8. The van der Waals surface area contributed by atoms with Gasteiger partial charge in [0, 0.05) is 55.7 Å². The number of hydrogen-bond donors (Lipinski definition) is 2. The Bertz CT molecular complexity index is 2490. The van der Waals surface area contributed by atoms with Crippen LogP contribution in [-0.4, -0.2) is 83.7 Å². The number of carbonyl (C=O) groups is 5. The third kappa shape index (κ3) is 16.9. The fraction of sp³-hybridized carbons (Fsp3) is 0.426. The zero-order chi connectivity index (χ0) is 51.3. The molecule has 0 radical (unpaired) electrons. The van der Waals surface area contributed by atoms with Crippen molar-refractivity contribution in [2.45, 2.75) is 126 Å². The van der Waals surface area contributed by atoms with Crippen LogP contribution in [-0.2, 0) is 32.0 Å². The quantitative estimate of drug-likeness (QED) is 0.0954. The molecule has 0 bridgehead atoms. The van der Waals surface area contributed by atoms with Gasteiger partial charge in [-0.3, -0.25) is 9.59 Å². The number of thioether (sulfide) groups is 2. The third-order valence-corrected chi connectivity index (χ3v) is 26.2. The zero-order valence-corrected chi connectivity index (χ0v) is 47.8. The molecule has 69 heavy (non-hydrogen) atoms. The van der Waals surface area contributed by atoms with Gasteiger partial charge in [-0.05, 0) is 98.2 Å². The number of hydrogen-bond acceptors (Lipinski definition) is 14. The van der Waals surface area contributed by atoms with Gasteiger partial charge < -0.3 is 10.2 Å². The Hall–Kier alpha value is -4.81. The molecule has 2 aliphatic rings. The fourth-order valence-electron chi connectivity index (χ4n) is 8.72. The molecule has 0 saturated carbocycles. The van der Waals surface area contributed by atoms with E-state index >= 15 is 0 Å². The number of carbonyl (C=O) groups excluding carboxylic acids is 5. The summed E-state index contributed by atoms with van der Waals surface area (Å²) in [6, 6.07) is 16.1. The Kier molecular flexibility index (Phi) is 21.3. The van der Waals surface area contributed by atoms with Gasteiger partial charge in [-0.25, -0.2) is 9.97 Å². The number of aromatic nitrogens is 2. The molecule has 2 aliphatic carbocycles. The predicted molar refractivity (Wildman–Crippen MR) is 275 cm³/mol. The molecule has 2 N–H and O–H groups in total. The molecule has 0 saturated heterocycles. The topological polar surface area (TPSA) is 179 Å². The van der Waals surface area contributed by atoms with Crippen molar-refractivity contribution in [3.05, 3.63) is 129 Å². The number of pyridine rings is 2. The molecule has 0 amide bonds. The molecule has 4 aromatic rings. The van der Waals surface area contributed by atoms with E-state index < -0.39 is 40.4 Å². The van der Waals surface area contributed by atoms with Crippen LogP contribution in [0.4, 0.5) is 0 Å². The van der Waals surface area contributed by atoms with Crippen molar-refractivity contribution >= 4 is 84.2 Å². The molecule has 4 atom stereocenters. The van der Waals surface area contributed by atoms with Crippen molar-refractivity contribution in [1.29, 1.82) is 0 Å². The van der Waals surface area contributed by atoms with E-state index in [-0.39, 0.29) is 34.9 Å². The van der Waals surface area contributed by atoms with Crippen LogP contribution in [0.15, 0.2) is 88.6 Å². The number of aliphatic hydroxyl groups excluding tert-OH is 2. The molecule has 12 nitrogen and oxygen atoms in total. The van der Waals surface area contributed by atoms with E-state index in [1.165, 1.54) is 32.4 Å². The van der Waals surface area contributed by atoms with Gasteiger partial charge >= 0.3 is 136 Å². The van der Waals surface area contributed by atoms with Crippen LogP contribution < -0.4 is 3.12 Å². The van der Waals surface area contributed by atoms with Crippen LogP contribution >= 0.6 is 23.5 Å². The number of benzene rings is 2. The van der Waals surface area contributed by atoms with Crippen LogP contribution in [0.3, 0.4) is 0 Å². The SMILES string of the molecule is CC(=O)[O][Pb]([O]C(C)=O)([O]C(C)=O)[c]1c(C)cc(C)cc1C.Cc1ccc(SCC(C)C2CC(=O)C(c3c(C)cc(C)cc3C)=C(O)C2)nc1.Cc1ccc(SCC(C)C2CC(=O)C=C(O)C2)nc1. The summed E-state index contributed by atoms with van der Waals surface area (Å²) in [5, 5.41) is 22.3. The Morgan fingerprint density at radius 3 is 1.42 bits per heavy atom. The maximum Gasteiger partial charge on any atom is 0.167 e. The van der Waals surface area contributed by atoms with E-state index in [1.807, 2.05) is 71.3 Å². The van der Waals surface area contributed by atoms with Crippen molar-refractivity contribution in [3.8, 4) is 0 Å². The van der Waals surface area contributed by atoms with Gasteiger partial charge in [0.15, 0.2) is 11.6 Å². The summed E-state index contributed by atoms with van der Waals surface area (Å²) in [6.45, 7) is 23.6. The standard InChI is InChI=1S/C24H29NO2S.C15H19NO2S.C9H11.3C2H4O2.Pb/c1-14-6-7-22(25-12-14)28-13-18(5)19-10-20(26)24(21(27)11-19)23-16(3)8-15(2)9-17(23)4;1-10-3-4-15(16-8-10)19-9-11(2)12-5-13(17)7-14(18)6-12;1-7-4-8(2)6-9(3)5-7;3*1-2(3)4;/h6-9,12,18-19,26H,10-11,13H2,1-5H3;3-4,7-8,11-12,17H,5-6,9H2,1-2H3;4-5H,1-3H3;3*1H3,(H,3,4);/q;;;;;;+3/p-3. The van der Waals surface area contributed by atoms with Crippen molar-refractivity contribution in [2.75, 3.05) is 11.5 Å². The van der Waals surface area contributed by atoms with Gasteiger partial charge in [0.05, 0.1) is 21.4 Å². The summed E-state index contributed by atoms with van der Waals surface area (Å²) in [5.74, 6) is 1.56. The van der Waals surface area contributed by atoms with E-state index in [2.05, 4.69) is 55.0 Å². The average Bonchev–Trinajstić information content (AvgIpc) is 3.22. The molecule has 0 fully saturated rings. The molecule has 0 spiro atoms. The largest absolute Gasteiger partial charge is 0.512 e. The van der Waals surface area contributed by atoms with Crippen LogP contribution in [0.2, 0.25) is 0 Å². The normalized spacial score (nSPS) is 16.7. The molecule has 2 aromatic heterocycles. The molecule has 0 aliphatic heterocycles.